The van der Waals surface area contributed by atoms with Crippen molar-refractivity contribution in [2.24, 2.45) is 0 Å². The second-order valence-corrected chi connectivity index (χ2v) is 3.46. The minimum atomic E-state index is -4.69. The smallest absolute Gasteiger partial charge is 0.298 e. The summed E-state index contributed by atoms with van der Waals surface area (Å²) in [5.41, 5.74) is -2.26. The third kappa shape index (κ3) is 2.24. The molecule has 0 aliphatic heterocycles. The fourth-order valence-corrected chi connectivity index (χ4v) is 1.53. The standard InChI is InChI=1S/C10H6ClF3O2/c1-5(16)9-6(4-15)8(11)3-2-7(9)10(12,13)14/h2-4H,1H3. The Morgan fingerprint density at radius 1 is 1.38 bits per heavy atom. The molecule has 2 nitrogen and oxygen atoms in total. The van der Waals surface area contributed by atoms with Crippen LogP contribution in [0.15, 0.2) is 12.1 Å². The van der Waals surface area contributed by atoms with Crippen molar-refractivity contribution in [2.45, 2.75) is 13.1 Å². The molecule has 0 atom stereocenters. The molecule has 0 spiro atoms. The first kappa shape index (κ1) is 12.7. The molecule has 0 aliphatic rings. The number of ketones is 1. The average Bonchev–Trinajstić information content (AvgIpc) is 2.14. The van der Waals surface area contributed by atoms with Crippen LogP contribution in [0.5, 0.6) is 0 Å². The molecule has 6 heteroatoms. The SMILES string of the molecule is CC(=O)c1c(C(F)(F)F)ccc(Cl)c1C=O. The van der Waals surface area contributed by atoms with Gasteiger partial charge in [-0.3, -0.25) is 9.59 Å². The van der Waals surface area contributed by atoms with E-state index in [1.165, 1.54) is 0 Å². The Morgan fingerprint density at radius 2 is 1.94 bits per heavy atom. The van der Waals surface area contributed by atoms with Crippen molar-refractivity contribution in [1.82, 2.24) is 0 Å². The fourth-order valence-electron chi connectivity index (χ4n) is 1.32. The number of alkyl halides is 3. The molecular weight excluding hydrogens is 245 g/mol. The van der Waals surface area contributed by atoms with E-state index in [2.05, 4.69) is 0 Å². The fraction of sp³-hybridized carbons (Fsp3) is 0.200. The summed E-state index contributed by atoms with van der Waals surface area (Å²) in [5, 5.41) is -0.173. The molecule has 0 N–H and O–H groups in total. The molecule has 1 aromatic rings. The van der Waals surface area contributed by atoms with Gasteiger partial charge in [-0.1, -0.05) is 11.6 Å². The Kier molecular flexibility index (Phi) is 3.38. The van der Waals surface area contributed by atoms with Gasteiger partial charge in [-0.15, -0.1) is 0 Å². The number of halogens is 4. The highest BCUT2D eigenvalue weighted by molar-refractivity contribution is 6.33. The molecule has 0 saturated heterocycles. The summed E-state index contributed by atoms with van der Waals surface area (Å²) in [6.45, 7) is 0.952. The van der Waals surface area contributed by atoms with E-state index in [9.17, 15) is 22.8 Å². The number of aldehydes is 1. The second-order valence-electron chi connectivity index (χ2n) is 3.06. The van der Waals surface area contributed by atoms with Crippen LogP contribution in [-0.2, 0) is 6.18 Å². The van der Waals surface area contributed by atoms with E-state index >= 15 is 0 Å². The van der Waals surface area contributed by atoms with E-state index in [4.69, 9.17) is 11.6 Å². The van der Waals surface area contributed by atoms with Crippen molar-refractivity contribution in [3.63, 3.8) is 0 Å². The molecule has 0 radical (unpaired) electrons. The van der Waals surface area contributed by atoms with Gasteiger partial charge in [0, 0.05) is 11.1 Å². The van der Waals surface area contributed by atoms with E-state index in [1.54, 1.807) is 0 Å². The third-order valence-corrected chi connectivity index (χ3v) is 2.30. The van der Waals surface area contributed by atoms with Gasteiger partial charge in [0.2, 0.25) is 0 Å². The molecule has 0 bridgehead atoms. The first-order valence-electron chi connectivity index (χ1n) is 4.15. The Morgan fingerprint density at radius 3 is 2.31 bits per heavy atom. The van der Waals surface area contributed by atoms with E-state index in [-0.39, 0.29) is 11.3 Å². The predicted molar refractivity (Wildman–Crippen MR) is 51.8 cm³/mol. The lowest BCUT2D eigenvalue weighted by Crippen LogP contribution is -2.14. The van der Waals surface area contributed by atoms with Gasteiger partial charge in [-0.2, -0.15) is 13.2 Å². The lowest BCUT2D eigenvalue weighted by Gasteiger charge is -2.13. The van der Waals surface area contributed by atoms with Crippen LogP contribution in [0.1, 0.15) is 33.2 Å². The minimum absolute atomic E-state index is 0.147. The van der Waals surface area contributed by atoms with Crippen LogP contribution in [0.4, 0.5) is 13.2 Å². The van der Waals surface area contributed by atoms with Gasteiger partial charge < -0.3 is 0 Å². The summed E-state index contributed by atoms with van der Waals surface area (Å²) < 4.78 is 37.6. The van der Waals surface area contributed by atoms with Crippen molar-refractivity contribution < 1.29 is 22.8 Å². The molecule has 16 heavy (non-hydrogen) atoms. The number of hydrogen-bond acceptors (Lipinski definition) is 2. The Labute approximate surface area is 94.0 Å². The summed E-state index contributed by atoms with van der Waals surface area (Å²) in [4.78, 5) is 21.8. The molecule has 1 aromatic carbocycles. The van der Waals surface area contributed by atoms with Crippen molar-refractivity contribution in [2.75, 3.05) is 0 Å². The summed E-state index contributed by atoms with van der Waals surface area (Å²) >= 11 is 5.54. The zero-order valence-corrected chi connectivity index (χ0v) is 8.82. The number of rotatable bonds is 2. The molecule has 0 unspecified atom stereocenters. The zero-order chi connectivity index (χ0) is 12.5. The van der Waals surface area contributed by atoms with Crippen LogP contribution in [0.2, 0.25) is 5.02 Å². The first-order valence-corrected chi connectivity index (χ1v) is 4.52. The van der Waals surface area contributed by atoms with Gasteiger partial charge in [0.25, 0.3) is 0 Å². The van der Waals surface area contributed by atoms with E-state index in [0.717, 1.165) is 13.0 Å². The van der Waals surface area contributed by atoms with Gasteiger partial charge in [0.05, 0.1) is 10.6 Å². The molecule has 1 rings (SSSR count). The number of benzene rings is 1. The van der Waals surface area contributed by atoms with E-state index < -0.39 is 28.6 Å². The third-order valence-electron chi connectivity index (χ3n) is 1.97. The van der Waals surface area contributed by atoms with E-state index in [0.29, 0.717) is 6.07 Å². The summed E-state index contributed by atoms with van der Waals surface area (Å²) in [7, 11) is 0. The van der Waals surface area contributed by atoms with Gasteiger partial charge in [-0.05, 0) is 19.1 Å². The van der Waals surface area contributed by atoms with Crippen molar-refractivity contribution >= 4 is 23.7 Å². The van der Waals surface area contributed by atoms with Gasteiger partial charge in [0.1, 0.15) is 0 Å². The Hall–Kier alpha value is -1.36. The lowest BCUT2D eigenvalue weighted by atomic mass is 9.98. The normalized spacial score (nSPS) is 11.3. The average molecular weight is 251 g/mol. The topological polar surface area (TPSA) is 34.1 Å². The van der Waals surface area contributed by atoms with E-state index in [1.807, 2.05) is 0 Å². The highest BCUT2D eigenvalue weighted by atomic mass is 35.5. The van der Waals surface area contributed by atoms with Crippen molar-refractivity contribution in [3.8, 4) is 0 Å². The molecule has 0 amide bonds. The number of Topliss-reactive ketones (excluding diaryl/α,β-unsaturated/α-hetero) is 1. The molecule has 0 saturated carbocycles. The summed E-state index contributed by atoms with van der Waals surface area (Å²) in [6.07, 6.45) is -4.54. The highest BCUT2D eigenvalue weighted by Gasteiger charge is 2.36. The van der Waals surface area contributed by atoms with Crippen molar-refractivity contribution in [1.29, 1.82) is 0 Å². The predicted octanol–water partition coefficient (Wildman–Crippen LogP) is 3.37. The van der Waals surface area contributed by atoms with Gasteiger partial charge in [0.15, 0.2) is 12.1 Å². The van der Waals surface area contributed by atoms with Crippen LogP contribution in [0.3, 0.4) is 0 Å². The summed E-state index contributed by atoms with van der Waals surface area (Å²) in [5.74, 6) is -0.850. The van der Waals surface area contributed by atoms with Crippen LogP contribution in [-0.4, -0.2) is 12.1 Å². The lowest BCUT2D eigenvalue weighted by molar-refractivity contribution is -0.137. The highest BCUT2D eigenvalue weighted by Crippen LogP contribution is 2.35. The van der Waals surface area contributed by atoms with Crippen LogP contribution in [0.25, 0.3) is 0 Å². The Balaban J connectivity index is 3.65. The maximum Gasteiger partial charge on any atom is 0.417 e. The monoisotopic (exact) mass is 250 g/mol. The summed E-state index contributed by atoms with van der Waals surface area (Å²) in [6, 6.07) is 1.63. The zero-order valence-electron chi connectivity index (χ0n) is 8.06. The number of hydrogen-bond donors (Lipinski definition) is 0. The van der Waals surface area contributed by atoms with Crippen LogP contribution in [0, 0.1) is 0 Å². The molecule has 0 aromatic heterocycles. The molecule has 86 valence electrons. The quantitative estimate of drug-likeness (QED) is 0.596. The molecule has 0 heterocycles. The maximum absolute atomic E-state index is 12.5. The maximum atomic E-state index is 12.5. The van der Waals surface area contributed by atoms with Crippen molar-refractivity contribution in [3.05, 3.63) is 33.8 Å². The molecular formula is C10H6ClF3O2. The van der Waals surface area contributed by atoms with Crippen LogP contribution < -0.4 is 0 Å². The largest absolute Gasteiger partial charge is 0.417 e. The first-order chi connectivity index (χ1) is 7.29. The van der Waals surface area contributed by atoms with Crippen LogP contribution >= 0.6 is 11.6 Å². The number of carbonyl (C=O) groups is 2. The molecule has 0 aliphatic carbocycles. The minimum Gasteiger partial charge on any atom is -0.298 e. The van der Waals surface area contributed by atoms with Gasteiger partial charge in [-0.25, -0.2) is 0 Å². The molecule has 0 fully saturated rings. The Bertz CT molecular complexity index is 452. The number of carbonyl (C=O) groups excluding carboxylic acids is 2. The van der Waals surface area contributed by atoms with Gasteiger partial charge >= 0.3 is 6.18 Å². The second kappa shape index (κ2) is 4.25.